The van der Waals surface area contributed by atoms with Crippen LogP contribution in [0.3, 0.4) is 0 Å². The number of nitrogens with zero attached hydrogens (tertiary/aromatic N) is 3. The molecule has 0 aliphatic rings. The molecule has 0 fully saturated rings. The zero-order chi connectivity index (χ0) is 12.3. The van der Waals surface area contributed by atoms with Crippen LogP contribution >= 0.6 is 11.8 Å². The maximum Gasteiger partial charge on any atom is 0.188 e. The highest BCUT2D eigenvalue weighted by molar-refractivity contribution is 7.98. The molecule has 0 spiro atoms. The minimum atomic E-state index is -0.288. The topological polar surface area (TPSA) is 38.7 Å². The highest BCUT2D eigenvalue weighted by atomic mass is 32.2. The molecule has 0 atom stereocenters. The monoisotopic (exact) mass is 249 g/mol. The predicted molar refractivity (Wildman–Crippen MR) is 65.3 cm³/mol. The fourth-order valence-corrected chi connectivity index (χ4v) is 2.36. The number of hydrogen-bond acceptors (Lipinski definition) is 4. The molecule has 2 rings (SSSR count). The van der Waals surface area contributed by atoms with Gasteiger partial charge in [0.1, 0.15) is 5.82 Å². The number of aryl methyl sites for hydroxylation is 2. The third kappa shape index (κ3) is 3.23. The Bertz CT molecular complexity index is 511. The summed E-state index contributed by atoms with van der Waals surface area (Å²) in [7, 11) is 0. The van der Waals surface area contributed by atoms with E-state index < -0.39 is 0 Å². The lowest BCUT2D eigenvalue weighted by Crippen LogP contribution is -1.94. The first-order valence-corrected chi connectivity index (χ1v) is 6.17. The van der Waals surface area contributed by atoms with Gasteiger partial charge in [0.25, 0.3) is 0 Å². The largest absolute Gasteiger partial charge is 0.262 e. The van der Waals surface area contributed by atoms with Crippen LogP contribution < -0.4 is 0 Å². The lowest BCUT2D eigenvalue weighted by Gasteiger charge is -2.03. The van der Waals surface area contributed by atoms with Crippen molar-refractivity contribution in [3.8, 4) is 0 Å². The average molecular weight is 249 g/mol. The van der Waals surface area contributed by atoms with Gasteiger partial charge in [-0.15, -0.1) is 0 Å². The molecule has 0 radical (unpaired) electrons. The lowest BCUT2D eigenvalue weighted by molar-refractivity contribution is 0.610. The Balaban J connectivity index is 2.10. The third-order valence-corrected chi connectivity index (χ3v) is 3.07. The van der Waals surface area contributed by atoms with Gasteiger partial charge in [0, 0.05) is 28.9 Å². The van der Waals surface area contributed by atoms with Crippen LogP contribution in [-0.2, 0) is 5.75 Å². The van der Waals surface area contributed by atoms with Gasteiger partial charge in [-0.1, -0.05) is 11.8 Å². The van der Waals surface area contributed by atoms with Crippen molar-refractivity contribution in [1.82, 2.24) is 15.0 Å². The number of hydrogen-bond donors (Lipinski definition) is 0. The SMILES string of the molecule is Cc1cc(C)nc(SCc2ccncc2F)n1. The van der Waals surface area contributed by atoms with Gasteiger partial charge in [0.2, 0.25) is 0 Å². The predicted octanol–water partition coefficient (Wildman–Crippen LogP) is 2.92. The summed E-state index contributed by atoms with van der Waals surface area (Å²) in [5.74, 6) is 0.224. The van der Waals surface area contributed by atoms with E-state index in [0.29, 0.717) is 16.5 Å². The van der Waals surface area contributed by atoms with Crippen molar-refractivity contribution in [3.05, 3.63) is 47.3 Å². The van der Waals surface area contributed by atoms with E-state index in [4.69, 9.17) is 0 Å². The number of halogens is 1. The smallest absolute Gasteiger partial charge is 0.188 e. The lowest BCUT2D eigenvalue weighted by atomic mass is 10.3. The Hall–Kier alpha value is -1.49. The summed E-state index contributed by atoms with van der Waals surface area (Å²) in [6.07, 6.45) is 2.81. The second-order valence-corrected chi connectivity index (χ2v) is 4.63. The summed E-state index contributed by atoms with van der Waals surface area (Å²) in [6, 6.07) is 3.59. The Morgan fingerprint density at radius 1 is 1.24 bits per heavy atom. The van der Waals surface area contributed by atoms with Crippen LogP contribution in [0.15, 0.2) is 29.7 Å². The number of aromatic nitrogens is 3. The fourth-order valence-electron chi connectivity index (χ4n) is 1.42. The molecule has 0 aromatic carbocycles. The van der Waals surface area contributed by atoms with E-state index in [1.54, 1.807) is 12.3 Å². The molecule has 0 bridgehead atoms. The Kier molecular flexibility index (Phi) is 3.68. The number of thioether (sulfide) groups is 1. The van der Waals surface area contributed by atoms with E-state index in [2.05, 4.69) is 15.0 Å². The van der Waals surface area contributed by atoms with Gasteiger partial charge < -0.3 is 0 Å². The molecule has 0 N–H and O–H groups in total. The molecule has 3 nitrogen and oxygen atoms in total. The van der Waals surface area contributed by atoms with Crippen LogP contribution in [0.5, 0.6) is 0 Å². The van der Waals surface area contributed by atoms with Crippen LogP contribution in [0.1, 0.15) is 17.0 Å². The summed E-state index contributed by atoms with van der Waals surface area (Å²) in [5, 5.41) is 0.679. The van der Waals surface area contributed by atoms with E-state index in [9.17, 15) is 4.39 Å². The summed E-state index contributed by atoms with van der Waals surface area (Å²) in [5.41, 5.74) is 2.47. The van der Waals surface area contributed by atoms with Crippen molar-refractivity contribution < 1.29 is 4.39 Å². The first-order chi connectivity index (χ1) is 8.15. The van der Waals surface area contributed by atoms with E-state index in [1.807, 2.05) is 19.9 Å². The first-order valence-electron chi connectivity index (χ1n) is 5.18. The Morgan fingerprint density at radius 2 is 1.94 bits per heavy atom. The maximum absolute atomic E-state index is 13.3. The van der Waals surface area contributed by atoms with Crippen molar-refractivity contribution in [2.45, 2.75) is 24.8 Å². The van der Waals surface area contributed by atoms with Gasteiger partial charge >= 0.3 is 0 Å². The summed E-state index contributed by atoms with van der Waals surface area (Å²) >= 11 is 1.43. The zero-order valence-electron chi connectivity index (χ0n) is 9.64. The highest BCUT2D eigenvalue weighted by Crippen LogP contribution is 2.20. The van der Waals surface area contributed by atoms with E-state index in [0.717, 1.165) is 11.4 Å². The minimum Gasteiger partial charge on any atom is -0.262 e. The quantitative estimate of drug-likeness (QED) is 0.619. The molecule has 0 saturated heterocycles. The molecule has 2 aromatic heterocycles. The molecule has 88 valence electrons. The van der Waals surface area contributed by atoms with Crippen LogP contribution in [0.4, 0.5) is 4.39 Å². The van der Waals surface area contributed by atoms with Gasteiger partial charge in [-0.25, -0.2) is 14.4 Å². The third-order valence-electron chi connectivity index (χ3n) is 2.17. The van der Waals surface area contributed by atoms with Gasteiger partial charge in [-0.05, 0) is 26.0 Å². The molecular weight excluding hydrogens is 237 g/mol. The van der Waals surface area contributed by atoms with Crippen LogP contribution in [0.25, 0.3) is 0 Å². The van der Waals surface area contributed by atoms with E-state index in [-0.39, 0.29) is 5.82 Å². The molecule has 0 aliphatic heterocycles. The van der Waals surface area contributed by atoms with Crippen molar-refractivity contribution >= 4 is 11.8 Å². The molecule has 17 heavy (non-hydrogen) atoms. The molecule has 2 aromatic rings. The summed E-state index contributed by atoms with van der Waals surface area (Å²) in [4.78, 5) is 12.3. The second-order valence-electron chi connectivity index (χ2n) is 3.69. The molecule has 0 saturated carbocycles. The van der Waals surface area contributed by atoms with Crippen LogP contribution in [0.2, 0.25) is 0 Å². The number of rotatable bonds is 3. The Labute approximate surface area is 104 Å². The minimum absolute atomic E-state index is 0.288. The van der Waals surface area contributed by atoms with Crippen molar-refractivity contribution in [2.75, 3.05) is 0 Å². The average Bonchev–Trinajstić information content (AvgIpc) is 2.27. The normalized spacial score (nSPS) is 10.5. The molecular formula is C12H12FN3S. The molecule has 5 heteroatoms. The van der Waals surface area contributed by atoms with Crippen LogP contribution in [0, 0.1) is 19.7 Å². The first kappa shape index (κ1) is 12.0. The standard InChI is InChI=1S/C12H12FN3S/c1-8-5-9(2)16-12(15-8)17-7-10-3-4-14-6-11(10)13/h3-6H,7H2,1-2H3. The van der Waals surface area contributed by atoms with Crippen molar-refractivity contribution in [2.24, 2.45) is 0 Å². The van der Waals surface area contributed by atoms with E-state index >= 15 is 0 Å². The van der Waals surface area contributed by atoms with Crippen molar-refractivity contribution in [3.63, 3.8) is 0 Å². The van der Waals surface area contributed by atoms with Crippen molar-refractivity contribution in [1.29, 1.82) is 0 Å². The summed E-state index contributed by atoms with van der Waals surface area (Å²) in [6.45, 7) is 3.84. The number of pyridine rings is 1. The molecule has 0 aliphatic carbocycles. The Morgan fingerprint density at radius 3 is 2.59 bits per heavy atom. The summed E-state index contributed by atoms with van der Waals surface area (Å²) < 4.78 is 13.3. The molecule has 0 amide bonds. The maximum atomic E-state index is 13.3. The highest BCUT2D eigenvalue weighted by Gasteiger charge is 2.05. The van der Waals surface area contributed by atoms with Gasteiger partial charge in [-0.3, -0.25) is 4.98 Å². The van der Waals surface area contributed by atoms with Gasteiger partial charge in [0.05, 0.1) is 6.20 Å². The van der Waals surface area contributed by atoms with Crippen LogP contribution in [-0.4, -0.2) is 15.0 Å². The van der Waals surface area contributed by atoms with E-state index in [1.165, 1.54) is 18.0 Å². The molecule has 2 heterocycles. The van der Waals surface area contributed by atoms with Gasteiger partial charge in [-0.2, -0.15) is 0 Å². The molecule has 0 unspecified atom stereocenters. The second kappa shape index (κ2) is 5.23. The van der Waals surface area contributed by atoms with Gasteiger partial charge in [0.15, 0.2) is 5.16 Å². The zero-order valence-corrected chi connectivity index (χ0v) is 10.5. The fraction of sp³-hybridized carbons (Fsp3) is 0.250.